The summed E-state index contributed by atoms with van der Waals surface area (Å²) in [6.07, 6.45) is 1.68. The lowest BCUT2D eigenvalue weighted by atomic mass is 10.3. The second kappa shape index (κ2) is 3.77. The summed E-state index contributed by atoms with van der Waals surface area (Å²) in [5.41, 5.74) is 1.73. The molecule has 0 unspecified atom stereocenters. The quantitative estimate of drug-likeness (QED) is 0.758. The van der Waals surface area contributed by atoms with Gasteiger partial charge in [-0.1, -0.05) is 22.9 Å². The van der Waals surface area contributed by atoms with Gasteiger partial charge in [0.15, 0.2) is 0 Å². The van der Waals surface area contributed by atoms with Gasteiger partial charge in [-0.2, -0.15) is 0 Å². The van der Waals surface area contributed by atoms with Crippen LogP contribution in [0, 0.1) is 0 Å². The maximum absolute atomic E-state index is 5.73. The Morgan fingerprint density at radius 3 is 2.62 bits per heavy atom. The van der Waals surface area contributed by atoms with Crippen LogP contribution >= 0.6 is 22.9 Å². The van der Waals surface area contributed by atoms with E-state index in [2.05, 4.69) is 4.98 Å². The first kappa shape index (κ1) is 8.53. The van der Waals surface area contributed by atoms with Crippen molar-refractivity contribution in [2.75, 3.05) is 0 Å². The smallest absolute Gasteiger partial charge is 0.200 e. The monoisotopic (exact) mass is 211 g/mol. The molecule has 2 nitrogen and oxygen atoms in total. The van der Waals surface area contributed by atoms with E-state index in [1.165, 1.54) is 11.3 Å². The van der Waals surface area contributed by atoms with E-state index >= 15 is 0 Å². The first-order valence-electron chi connectivity index (χ1n) is 3.66. The molecule has 1 aromatic heterocycles. The largest absolute Gasteiger partial charge is 0.445 e. The SMILES string of the molecule is Clc1ccc(Oc2cncs2)cc1. The molecule has 0 radical (unpaired) electrons. The number of thiazole rings is 1. The highest BCUT2D eigenvalue weighted by molar-refractivity contribution is 7.11. The van der Waals surface area contributed by atoms with Crippen molar-refractivity contribution in [3.63, 3.8) is 0 Å². The number of hydrogen-bond donors (Lipinski definition) is 0. The van der Waals surface area contributed by atoms with Crippen LogP contribution in [0.1, 0.15) is 0 Å². The third-order valence-electron chi connectivity index (χ3n) is 1.44. The summed E-state index contributed by atoms with van der Waals surface area (Å²) in [6.45, 7) is 0. The highest BCUT2D eigenvalue weighted by Crippen LogP contribution is 2.25. The van der Waals surface area contributed by atoms with Gasteiger partial charge in [-0.3, -0.25) is 0 Å². The van der Waals surface area contributed by atoms with Crippen LogP contribution in [0.5, 0.6) is 10.8 Å². The summed E-state index contributed by atoms with van der Waals surface area (Å²) in [4.78, 5) is 3.90. The molecule has 1 aromatic carbocycles. The molecule has 0 saturated heterocycles. The van der Waals surface area contributed by atoms with Crippen molar-refractivity contribution in [2.24, 2.45) is 0 Å². The molecule has 0 bridgehead atoms. The Morgan fingerprint density at radius 1 is 1.23 bits per heavy atom. The van der Waals surface area contributed by atoms with Gasteiger partial charge in [0, 0.05) is 5.02 Å². The van der Waals surface area contributed by atoms with E-state index in [0.717, 1.165) is 10.8 Å². The molecule has 66 valence electrons. The van der Waals surface area contributed by atoms with Crippen molar-refractivity contribution in [3.05, 3.63) is 41.0 Å². The Balaban J connectivity index is 2.15. The van der Waals surface area contributed by atoms with Gasteiger partial charge >= 0.3 is 0 Å². The van der Waals surface area contributed by atoms with Gasteiger partial charge < -0.3 is 4.74 Å². The molecule has 0 spiro atoms. The van der Waals surface area contributed by atoms with Gasteiger partial charge in [0.2, 0.25) is 5.06 Å². The summed E-state index contributed by atoms with van der Waals surface area (Å²) in [7, 11) is 0. The zero-order chi connectivity index (χ0) is 9.10. The summed E-state index contributed by atoms with van der Waals surface area (Å²) in [5, 5.41) is 1.49. The average Bonchev–Trinajstić information content (AvgIpc) is 2.62. The molecule has 2 rings (SSSR count). The molecule has 1 heterocycles. The Labute approximate surface area is 84.8 Å². The number of halogens is 1. The number of aromatic nitrogens is 1. The molecule has 0 aliphatic heterocycles. The van der Waals surface area contributed by atoms with Crippen LogP contribution in [0.25, 0.3) is 0 Å². The van der Waals surface area contributed by atoms with Crippen LogP contribution in [0.4, 0.5) is 0 Å². The van der Waals surface area contributed by atoms with E-state index in [-0.39, 0.29) is 0 Å². The van der Waals surface area contributed by atoms with Crippen molar-refractivity contribution in [1.29, 1.82) is 0 Å². The fourth-order valence-electron chi connectivity index (χ4n) is 0.873. The normalized spacial score (nSPS) is 9.92. The Hall–Kier alpha value is -1.06. The molecule has 0 N–H and O–H groups in total. The third kappa shape index (κ3) is 2.20. The third-order valence-corrected chi connectivity index (χ3v) is 2.34. The van der Waals surface area contributed by atoms with Gasteiger partial charge in [-0.25, -0.2) is 4.98 Å². The van der Waals surface area contributed by atoms with Gasteiger partial charge in [0.25, 0.3) is 0 Å². The maximum Gasteiger partial charge on any atom is 0.200 e. The molecule has 0 atom stereocenters. The summed E-state index contributed by atoms with van der Waals surface area (Å²) >= 11 is 7.18. The number of benzene rings is 1. The fourth-order valence-corrected chi connectivity index (χ4v) is 1.49. The first-order valence-corrected chi connectivity index (χ1v) is 4.92. The van der Waals surface area contributed by atoms with Crippen LogP contribution < -0.4 is 4.74 Å². The lowest BCUT2D eigenvalue weighted by Gasteiger charge is -2.00. The van der Waals surface area contributed by atoms with E-state index in [9.17, 15) is 0 Å². The Kier molecular flexibility index (Phi) is 2.47. The predicted octanol–water partition coefficient (Wildman–Crippen LogP) is 3.59. The van der Waals surface area contributed by atoms with Crippen molar-refractivity contribution in [3.8, 4) is 10.8 Å². The molecular formula is C9H6ClNOS. The average molecular weight is 212 g/mol. The number of hydrogen-bond acceptors (Lipinski definition) is 3. The Morgan fingerprint density at radius 2 is 2.00 bits per heavy atom. The van der Waals surface area contributed by atoms with Gasteiger partial charge in [-0.05, 0) is 24.3 Å². The van der Waals surface area contributed by atoms with Crippen LogP contribution in [-0.4, -0.2) is 4.98 Å². The lowest BCUT2D eigenvalue weighted by Crippen LogP contribution is -1.79. The predicted molar refractivity (Wildman–Crippen MR) is 53.6 cm³/mol. The molecule has 2 aromatic rings. The maximum atomic E-state index is 5.73. The Bertz CT molecular complexity index is 371. The zero-order valence-corrected chi connectivity index (χ0v) is 8.18. The van der Waals surface area contributed by atoms with E-state index in [1.54, 1.807) is 23.8 Å². The van der Waals surface area contributed by atoms with Crippen molar-refractivity contribution in [1.82, 2.24) is 4.98 Å². The van der Waals surface area contributed by atoms with Crippen molar-refractivity contribution in [2.45, 2.75) is 0 Å². The van der Waals surface area contributed by atoms with E-state index in [4.69, 9.17) is 16.3 Å². The second-order valence-electron chi connectivity index (χ2n) is 2.38. The molecule has 0 aliphatic rings. The minimum absolute atomic E-state index is 0.705. The molecule has 0 aliphatic carbocycles. The first-order chi connectivity index (χ1) is 6.34. The molecule has 0 fully saturated rings. The lowest BCUT2D eigenvalue weighted by molar-refractivity contribution is 0.495. The summed E-state index contributed by atoms with van der Waals surface area (Å²) in [6, 6.07) is 7.22. The van der Waals surface area contributed by atoms with E-state index < -0.39 is 0 Å². The standard InChI is InChI=1S/C9H6ClNOS/c10-7-1-3-8(4-2-7)12-9-5-11-6-13-9/h1-6H. The zero-order valence-electron chi connectivity index (χ0n) is 6.61. The second-order valence-corrected chi connectivity index (χ2v) is 3.66. The van der Waals surface area contributed by atoms with Crippen LogP contribution in [-0.2, 0) is 0 Å². The topological polar surface area (TPSA) is 22.1 Å². The molecule has 4 heteroatoms. The molecule has 0 saturated carbocycles. The fraction of sp³-hybridized carbons (Fsp3) is 0. The number of rotatable bonds is 2. The number of nitrogens with zero attached hydrogens (tertiary/aromatic N) is 1. The van der Waals surface area contributed by atoms with E-state index in [1.807, 2.05) is 12.1 Å². The van der Waals surface area contributed by atoms with E-state index in [0.29, 0.717) is 5.02 Å². The minimum atomic E-state index is 0.705. The van der Waals surface area contributed by atoms with Gasteiger partial charge in [-0.15, -0.1) is 0 Å². The molecular weight excluding hydrogens is 206 g/mol. The van der Waals surface area contributed by atoms with Crippen molar-refractivity contribution < 1.29 is 4.74 Å². The van der Waals surface area contributed by atoms with Crippen LogP contribution in [0.2, 0.25) is 5.02 Å². The summed E-state index contributed by atoms with van der Waals surface area (Å²) < 4.78 is 5.47. The highest BCUT2D eigenvalue weighted by Gasteiger charge is 1.97. The minimum Gasteiger partial charge on any atom is -0.445 e. The molecule has 0 amide bonds. The number of ether oxygens (including phenoxy) is 1. The van der Waals surface area contributed by atoms with Gasteiger partial charge in [0.1, 0.15) is 5.75 Å². The molecule has 13 heavy (non-hydrogen) atoms. The van der Waals surface area contributed by atoms with Crippen LogP contribution in [0.15, 0.2) is 36.0 Å². The summed E-state index contributed by atoms with van der Waals surface area (Å²) in [5.74, 6) is 0.772. The van der Waals surface area contributed by atoms with Crippen LogP contribution in [0.3, 0.4) is 0 Å². The highest BCUT2D eigenvalue weighted by atomic mass is 35.5. The van der Waals surface area contributed by atoms with Gasteiger partial charge in [0.05, 0.1) is 11.7 Å². The van der Waals surface area contributed by atoms with Crippen molar-refractivity contribution >= 4 is 22.9 Å².